The largest absolute Gasteiger partial charge is 0.508 e. The zero-order chi connectivity index (χ0) is 11.5. The molecule has 1 heterocycles. The Bertz CT molecular complexity index is 512. The number of ether oxygens (including phenoxy) is 1. The van der Waals surface area contributed by atoms with Gasteiger partial charge >= 0.3 is 0 Å². The first-order valence-corrected chi connectivity index (χ1v) is 4.92. The lowest BCUT2D eigenvalue weighted by Crippen LogP contribution is -1.92. The predicted octanol–water partition coefficient (Wildman–Crippen LogP) is 2.59. The topological polar surface area (TPSA) is 55.2 Å². The summed E-state index contributed by atoms with van der Waals surface area (Å²) < 4.78 is 5.56. The van der Waals surface area contributed by atoms with Crippen LogP contribution in [0.2, 0.25) is 0 Å². The standard InChI is InChI=1S/C12H12N2O2/c1-8-6-12(14-7-13-8)16-11-5-3-4-10(15)9(11)2/h3-7,15H,1-2H3. The van der Waals surface area contributed by atoms with Crippen LogP contribution in [0.1, 0.15) is 11.3 Å². The van der Waals surface area contributed by atoms with E-state index in [1.807, 2.05) is 6.92 Å². The highest BCUT2D eigenvalue weighted by Crippen LogP contribution is 2.29. The molecule has 0 aliphatic heterocycles. The Balaban J connectivity index is 2.31. The van der Waals surface area contributed by atoms with Crippen LogP contribution in [0.3, 0.4) is 0 Å². The van der Waals surface area contributed by atoms with Gasteiger partial charge in [-0.3, -0.25) is 0 Å². The van der Waals surface area contributed by atoms with Crippen LogP contribution in [0.25, 0.3) is 0 Å². The number of hydrogen-bond donors (Lipinski definition) is 1. The number of rotatable bonds is 2. The van der Waals surface area contributed by atoms with Crippen molar-refractivity contribution in [2.45, 2.75) is 13.8 Å². The van der Waals surface area contributed by atoms with E-state index in [1.165, 1.54) is 6.33 Å². The molecule has 0 bridgehead atoms. The molecule has 4 nitrogen and oxygen atoms in total. The molecule has 0 unspecified atom stereocenters. The van der Waals surface area contributed by atoms with Crippen LogP contribution >= 0.6 is 0 Å². The molecule has 1 aromatic carbocycles. The lowest BCUT2D eigenvalue weighted by Gasteiger charge is -2.08. The Morgan fingerprint density at radius 3 is 2.75 bits per heavy atom. The molecule has 0 atom stereocenters. The van der Waals surface area contributed by atoms with Crippen molar-refractivity contribution in [3.63, 3.8) is 0 Å². The maximum Gasteiger partial charge on any atom is 0.222 e. The molecule has 2 aromatic rings. The fraction of sp³-hybridized carbons (Fsp3) is 0.167. The van der Waals surface area contributed by atoms with Gasteiger partial charge in [0.25, 0.3) is 0 Å². The van der Waals surface area contributed by atoms with Gasteiger partial charge < -0.3 is 9.84 Å². The van der Waals surface area contributed by atoms with Crippen molar-refractivity contribution >= 4 is 0 Å². The van der Waals surface area contributed by atoms with Crippen LogP contribution in [0.4, 0.5) is 0 Å². The number of hydrogen-bond acceptors (Lipinski definition) is 4. The first-order valence-electron chi connectivity index (χ1n) is 4.92. The highest BCUT2D eigenvalue weighted by molar-refractivity contribution is 5.44. The monoisotopic (exact) mass is 216 g/mol. The summed E-state index contributed by atoms with van der Waals surface area (Å²) >= 11 is 0. The number of aryl methyl sites for hydroxylation is 1. The lowest BCUT2D eigenvalue weighted by molar-refractivity contribution is 0.438. The van der Waals surface area contributed by atoms with Crippen molar-refractivity contribution in [3.05, 3.63) is 41.9 Å². The second kappa shape index (κ2) is 4.18. The molecule has 0 aliphatic carbocycles. The predicted molar refractivity (Wildman–Crippen MR) is 59.7 cm³/mol. The van der Waals surface area contributed by atoms with Gasteiger partial charge in [0.15, 0.2) is 0 Å². The molecule has 0 amide bonds. The molecule has 4 heteroatoms. The quantitative estimate of drug-likeness (QED) is 0.838. The fourth-order valence-electron chi connectivity index (χ4n) is 1.31. The highest BCUT2D eigenvalue weighted by Gasteiger charge is 2.05. The fourth-order valence-corrected chi connectivity index (χ4v) is 1.31. The van der Waals surface area contributed by atoms with E-state index in [0.717, 1.165) is 5.69 Å². The van der Waals surface area contributed by atoms with Crippen molar-refractivity contribution in [2.24, 2.45) is 0 Å². The van der Waals surface area contributed by atoms with Gasteiger partial charge in [-0.05, 0) is 26.0 Å². The molecule has 0 fully saturated rings. The van der Waals surface area contributed by atoms with Crippen LogP contribution < -0.4 is 4.74 Å². The van der Waals surface area contributed by atoms with E-state index in [1.54, 1.807) is 31.2 Å². The summed E-state index contributed by atoms with van der Waals surface area (Å²) in [5.41, 5.74) is 1.53. The third kappa shape index (κ3) is 2.11. The molecule has 0 spiro atoms. The first-order chi connectivity index (χ1) is 7.66. The average Bonchev–Trinajstić information content (AvgIpc) is 2.25. The van der Waals surface area contributed by atoms with E-state index in [4.69, 9.17) is 4.74 Å². The molecule has 0 saturated carbocycles. The number of aromatic nitrogens is 2. The first kappa shape index (κ1) is 10.4. The average molecular weight is 216 g/mol. The molecular formula is C12H12N2O2. The molecule has 2 rings (SSSR count). The minimum Gasteiger partial charge on any atom is -0.508 e. The van der Waals surface area contributed by atoms with E-state index in [0.29, 0.717) is 17.2 Å². The lowest BCUT2D eigenvalue weighted by atomic mass is 10.2. The van der Waals surface area contributed by atoms with E-state index in [-0.39, 0.29) is 5.75 Å². The van der Waals surface area contributed by atoms with Crippen molar-refractivity contribution in [3.8, 4) is 17.4 Å². The highest BCUT2D eigenvalue weighted by atomic mass is 16.5. The summed E-state index contributed by atoms with van der Waals surface area (Å²) in [5.74, 6) is 1.28. The number of nitrogens with zero attached hydrogens (tertiary/aromatic N) is 2. The molecule has 0 aliphatic rings. The molecule has 0 saturated heterocycles. The van der Waals surface area contributed by atoms with E-state index in [9.17, 15) is 5.11 Å². The molecule has 1 N–H and O–H groups in total. The van der Waals surface area contributed by atoms with Crippen LogP contribution in [0.15, 0.2) is 30.6 Å². The zero-order valence-corrected chi connectivity index (χ0v) is 9.14. The smallest absolute Gasteiger partial charge is 0.222 e. The minimum absolute atomic E-state index is 0.211. The molecule has 82 valence electrons. The van der Waals surface area contributed by atoms with Crippen molar-refractivity contribution < 1.29 is 9.84 Å². The third-order valence-corrected chi connectivity index (χ3v) is 2.25. The van der Waals surface area contributed by atoms with Gasteiger partial charge in [-0.2, -0.15) is 0 Å². The van der Waals surface area contributed by atoms with Gasteiger partial charge in [0.05, 0.1) is 0 Å². The summed E-state index contributed by atoms with van der Waals surface area (Å²) in [6.45, 7) is 3.66. The Morgan fingerprint density at radius 1 is 1.19 bits per heavy atom. The summed E-state index contributed by atoms with van der Waals surface area (Å²) in [6, 6.07) is 6.87. The van der Waals surface area contributed by atoms with Crippen molar-refractivity contribution in [1.82, 2.24) is 9.97 Å². The maximum absolute atomic E-state index is 9.52. The van der Waals surface area contributed by atoms with Gasteiger partial charge in [0.1, 0.15) is 17.8 Å². The van der Waals surface area contributed by atoms with Gasteiger partial charge in [0.2, 0.25) is 5.88 Å². The van der Waals surface area contributed by atoms with Gasteiger partial charge in [-0.1, -0.05) is 6.07 Å². The molecule has 0 radical (unpaired) electrons. The number of aromatic hydroxyl groups is 1. The number of benzene rings is 1. The Hall–Kier alpha value is -2.10. The Labute approximate surface area is 93.6 Å². The van der Waals surface area contributed by atoms with E-state index in [2.05, 4.69) is 9.97 Å². The van der Waals surface area contributed by atoms with E-state index < -0.39 is 0 Å². The summed E-state index contributed by atoms with van der Waals surface area (Å²) in [4.78, 5) is 7.97. The molecular weight excluding hydrogens is 204 g/mol. The minimum atomic E-state index is 0.211. The van der Waals surface area contributed by atoms with Gasteiger partial charge in [0, 0.05) is 17.3 Å². The second-order valence-corrected chi connectivity index (χ2v) is 3.50. The van der Waals surface area contributed by atoms with Crippen molar-refractivity contribution in [2.75, 3.05) is 0 Å². The van der Waals surface area contributed by atoms with Gasteiger partial charge in [-0.25, -0.2) is 9.97 Å². The number of phenolic OH excluding ortho intramolecular Hbond substituents is 1. The normalized spacial score (nSPS) is 10.1. The third-order valence-electron chi connectivity index (χ3n) is 2.25. The van der Waals surface area contributed by atoms with Crippen LogP contribution in [0, 0.1) is 13.8 Å². The van der Waals surface area contributed by atoms with Crippen molar-refractivity contribution in [1.29, 1.82) is 0 Å². The molecule has 16 heavy (non-hydrogen) atoms. The van der Waals surface area contributed by atoms with Crippen LogP contribution in [-0.2, 0) is 0 Å². The summed E-state index contributed by atoms with van der Waals surface area (Å²) in [7, 11) is 0. The van der Waals surface area contributed by atoms with Gasteiger partial charge in [-0.15, -0.1) is 0 Å². The van der Waals surface area contributed by atoms with Crippen LogP contribution in [-0.4, -0.2) is 15.1 Å². The summed E-state index contributed by atoms with van der Waals surface area (Å²) in [6.07, 6.45) is 1.45. The van der Waals surface area contributed by atoms with Crippen LogP contribution in [0.5, 0.6) is 17.4 Å². The summed E-state index contributed by atoms with van der Waals surface area (Å²) in [5, 5.41) is 9.52. The Kier molecular flexibility index (Phi) is 2.72. The van der Waals surface area contributed by atoms with E-state index >= 15 is 0 Å². The Morgan fingerprint density at radius 2 is 2.00 bits per heavy atom. The maximum atomic E-state index is 9.52. The number of phenols is 1. The zero-order valence-electron chi connectivity index (χ0n) is 9.14. The SMILES string of the molecule is Cc1cc(Oc2cccc(O)c2C)ncn1. The molecule has 1 aromatic heterocycles. The second-order valence-electron chi connectivity index (χ2n) is 3.50.